The lowest BCUT2D eigenvalue weighted by molar-refractivity contribution is -0.154. The Morgan fingerprint density at radius 3 is 2.57 bits per heavy atom. The summed E-state index contributed by atoms with van der Waals surface area (Å²) < 4.78 is 4.28. The number of hydrogen-bond donors (Lipinski definition) is 1. The van der Waals surface area contributed by atoms with Gasteiger partial charge in [-0.25, -0.2) is 0 Å². The van der Waals surface area contributed by atoms with Gasteiger partial charge in [0.15, 0.2) is 0 Å². The Balaban J connectivity index is 1.76. The van der Waals surface area contributed by atoms with Crippen LogP contribution in [-0.2, 0) is 19.1 Å². The van der Waals surface area contributed by atoms with Gasteiger partial charge in [0, 0.05) is 30.5 Å². The second-order valence-electron chi connectivity index (χ2n) is 10.7. The van der Waals surface area contributed by atoms with Crippen molar-refractivity contribution in [3.63, 3.8) is 0 Å². The van der Waals surface area contributed by atoms with Crippen molar-refractivity contribution in [2.75, 3.05) is 26.3 Å². The van der Waals surface area contributed by atoms with Crippen molar-refractivity contribution in [3.05, 3.63) is 24.3 Å². The molecular weight excluding hydrogens is 464 g/mol. The molecule has 4 heterocycles. The van der Waals surface area contributed by atoms with Crippen LogP contribution in [0.2, 0.25) is 0 Å². The Kier molecular flexibility index (Phi) is 8.01. The minimum atomic E-state index is -0.806. The standard InChI is InChI=1S/C27H40N2O5S/c1-19(2)28-16-12-14-27-20(21-25(33)34-18-11-7-4-8-13-26(21,3)35-27)23(31)29(22(27)24(28)32)15-9-5-6-10-17-30/h8,12-14,19-22,30H,4-7,9-11,15-18H2,1-3H3/b13-8-/t20-,21-,22?,26+,27-/m0/s1. The van der Waals surface area contributed by atoms with E-state index in [1.807, 2.05) is 31.7 Å². The highest BCUT2D eigenvalue weighted by Crippen LogP contribution is 2.65. The van der Waals surface area contributed by atoms with Gasteiger partial charge in [0.2, 0.25) is 11.8 Å². The van der Waals surface area contributed by atoms with Gasteiger partial charge in [-0.3, -0.25) is 14.4 Å². The van der Waals surface area contributed by atoms with E-state index >= 15 is 0 Å². The molecule has 2 amide bonds. The average molecular weight is 505 g/mol. The lowest BCUT2D eigenvalue weighted by atomic mass is 9.74. The van der Waals surface area contributed by atoms with Crippen LogP contribution >= 0.6 is 11.8 Å². The Morgan fingerprint density at radius 2 is 1.83 bits per heavy atom. The Morgan fingerprint density at radius 1 is 1.06 bits per heavy atom. The van der Waals surface area contributed by atoms with Gasteiger partial charge in [-0.2, -0.15) is 0 Å². The van der Waals surface area contributed by atoms with E-state index in [1.165, 1.54) is 0 Å². The minimum Gasteiger partial charge on any atom is -0.465 e. The van der Waals surface area contributed by atoms with Gasteiger partial charge in [0.1, 0.15) is 6.04 Å². The van der Waals surface area contributed by atoms with E-state index in [0.717, 1.165) is 44.9 Å². The monoisotopic (exact) mass is 504 g/mol. The molecule has 4 aliphatic heterocycles. The Bertz CT molecular complexity index is 889. The molecule has 5 atom stereocenters. The van der Waals surface area contributed by atoms with Crippen molar-refractivity contribution in [2.24, 2.45) is 11.8 Å². The third kappa shape index (κ3) is 4.68. The van der Waals surface area contributed by atoms with Crippen LogP contribution in [0.4, 0.5) is 0 Å². The summed E-state index contributed by atoms with van der Waals surface area (Å²) >= 11 is 1.61. The van der Waals surface area contributed by atoms with E-state index in [4.69, 9.17) is 9.84 Å². The first-order valence-corrected chi connectivity index (χ1v) is 14.0. The molecule has 194 valence electrons. The molecule has 1 spiro atoms. The van der Waals surface area contributed by atoms with E-state index in [1.54, 1.807) is 16.7 Å². The van der Waals surface area contributed by atoms with Crippen LogP contribution in [-0.4, -0.2) is 80.6 Å². The fourth-order valence-electron chi connectivity index (χ4n) is 6.27. The molecule has 1 unspecified atom stereocenters. The molecular formula is C27H40N2O5S. The third-order valence-corrected chi connectivity index (χ3v) is 9.76. The summed E-state index contributed by atoms with van der Waals surface area (Å²) in [5, 5.41) is 9.09. The van der Waals surface area contributed by atoms with Crippen molar-refractivity contribution in [1.82, 2.24) is 9.80 Å². The van der Waals surface area contributed by atoms with Crippen LogP contribution in [0.5, 0.6) is 0 Å². The molecule has 4 rings (SSSR count). The maximum absolute atomic E-state index is 14.1. The topological polar surface area (TPSA) is 87.2 Å². The van der Waals surface area contributed by atoms with Gasteiger partial charge < -0.3 is 19.6 Å². The highest BCUT2D eigenvalue weighted by Gasteiger charge is 2.73. The van der Waals surface area contributed by atoms with Gasteiger partial charge in [-0.15, -0.1) is 11.8 Å². The number of fused-ring (bicyclic) bond motifs is 2. The number of unbranched alkanes of at least 4 members (excludes halogenated alkanes) is 3. The van der Waals surface area contributed by atoms with Crippen molar-refractivity contribution in [1.29, 1.82) is 0 Å². The number of allylic oxidation sites excluding steroid dienone is 1. The molecule has 35 heavy (non-hydrogen) atoms. The number of aliphatic hydroxyl groups is 1. The molecule has 0 radical (unpaired) electrons. The zero-order valence-corrected chi connectivity index (χ0v) is 22.1. The van der Waals surface area contributed by atoms with E-state index < -0.39 is 27.4 Å². The maximum Gasteiger partial charge on any atom is 0.311 e. The number of ether oxygens (including phenoxy) is 1. The fraction of sp³-hybridized carbons (Fsp3) is 0.741. The zero-order chi connectivity index (χ0) is 25.2. The third-order valence-electron chi connectivity index (χ3n) is 7.96. The Labute approximate surface area is 213 Å². The lowest BCUT2D eigenvalue weighted by Crippen LogP contribution is -2.54. The lowest BCUT2D eigenvalue weighted by Gasteiger charge is -2.38. The second-order valence-corrected chi connectivity index (χ2v) is 12.5. The molecule has 0 aromatic rings. The molecule has 4 aliphatic rings. The van der Waals surface area contributed by atoms with Crippen molar-refractivity contribution in [2.45, 2.75) is 87.3 Å². The molecule has 2 fully saturated rings. The van der Waals surface area contributed by atoms with Crippen LogP contribution in [0.1, 0.15) is 65.7 Å². The van der Waals surface area contributed by atoms with Crippen LogP contribution in [0.25, 0.3) is 0 Å². The number of esters is 1. The second kappa shape index (κ2) is 10.7. The van der Waals surface area contributed by atoms with Crippen LogP contribution < -0.4 is 0 Å². The number of rotatable bonds is 7. The summed E-state index contributed by atoms with van der Waals surface area (Å²) in [5.74, 6) is -1.74. The summed E-state index contributed by atoms with van der Waals surface area (Å²) in [6, 6.07) is -0.630. The number of likely N-dealkylation sites (tertiary alicyclic amines) is 1. The molecule has 0 aliphatic carbocycles. The van der Waals surface area contributed by atoms with Crippen molar-refractivity contribution < 1.29 is 24.2 Å². The SMILES string of the molecule is CC(C)N1CC=C[C@]23S[C@]4(C)/C=C\CCCCOC(=O)[C@@H]4[C@H]2C(=O)N(CCCCCCO)C3C1=O. The van der Waals surface area contributed by atoms with Gasteiger partial charge >= 0.3 is 5.97 Å². The number of carbonyl (C=O) groups is 3. The number of aliphatic hydroxyl groups excluding tert-OH is 1. The molecule has 8 heteroatoms. The van der Waals surface area contributed by atoms with E-state index in [2.05, 4.69) is 18.2 Å². The zero-order valence-electron chi connectivity index (χ0n) is 21.3. The largest absolute Gasteiger partial charge is 0.465 e. The number of amides is 2. The predicted octanol–water partition coefficient (Wildman–Crippen LogP) is 3.32. The van der Waals surface area contributed by atoms with E-state index in [0.29, 0.717) is 19.7 Å². The Hall–Kier alpha value is -1.80. The first-order valence-electron chi connectivity index (χ1n) is 13.2. The van der Waals surface area contributed by atoms with Crippen LogP contribution in [0.3, 0.4) is 0 Å². The number of thioether (sulfide) groups is 1. The molecule has 0 aromatic heterocycles. The fourth-order valence-corrected chi connectivity index (χ4v) is 8.42. The summed E-state index contributed by atoms with van der Waals surface area (Å²) in [6.45, 7) is 7.54. The van der Waals surface area contributed by atoms with Gasteiger partial charge in [0.05, 0.1) is 23.2 Å². The number of cyclic esters (lactones) is 1. The molecule has 0 aromatic carbocycles. The molecule has 7 nitrogen and oxygen atoms in total. The first-order chi connectivity index (χ1) is 16.8. The van der Waals surface area contributed by atoms with Gasteiger partial charge in [-0.05, 0) is 52.9 Å². The quantitative estimate of drug-likeness (QED) is 0.325. The van der Waals surface area contributed by atoms with Crippen molar-refractivity contribution >= 4 is 29.5 Å². The summed E-state index contributed by atoms with van der Waals surface area (Å²) in [4.78, 5) is 45.3. The highest BCUT2D eigenvalue weighted by molar-refractivity contribution is 8.02. The van der Waals surface area contributed by atoms with E-state index in [9.17, 15) is 14.4 Å². The molecule has 1 N–H and O–H groups in total. The molecule has 0 bridgehead atoms. The summed E-state index contributed by atoms with van der Waals surface area (Å²) in [5.41, 5.74) is 0. The van der Waals surface area contributed by atoms with E-state index in [-0.39, 0.29) is 30.4 Å². The molecule has 0 saturated carbocycles. The van der Waals surface area contributed by atoms with Gasteiger partial charge in [-0.1, -0.05) is 37.1 Å². The molecule has 2 saturated heterocycles. The number of nitrogens with zero attached hydrogens (tertiary/aromatic N) is 2. The smallest absolute Gasteiger partial charge is 0.311 e. The summed E-state index contributed by atoms with van der Waals surface area (Å²) in [6.07, 6.45) is 14.3. The number of carbonyl (C=O) groups excluding carboxylic acids is 3. The first kappa shape index (κ1) is 26.3. The summed E-state index contributed by atoms with van der Waals surface area (Å²) in [7, 11) is 0. The average Bonchev–Trinajstić information content (AvgIpc) is 3.13. The van der Waals surface area contributed by atoms with Gasteiger partial charge in [0.25, 0.3) is 0 Å². The predicted molar refractivity (Wildman–Crippen MR) is 137 cm³/mol. The van der Waals surface area contributed by atoms with Crippen LogP contribution in [0, 0.1) is 11.8 Å². The van der Waals surface area contributed by atoms with Crippen molar-refractivity contribution in [3.8, 4) is 0 Å². The number of hydrogen-bond acceptors (Lipinski definition) is 6. The highest BCUT2D eigenvalue weighted by atomic mass is 32.2. The van der Waals surface area contributed by atoms with Crippen LogP contribution in [0.15, 0.2) is 24.3 Å². The normalized spacial score (nSPS) is 36.0. The minimum absolute atomic E-state index is 0.00964. The maximum atomic E-state index is 14.1.